The SMILES string of the molecule is CN(CCc1ccccn1)C(=O)c1ccc(COc2ccc(F)cc2)o1. The Hall–Kier alpha value is -3.15. The maximum Gasteiger partial charge on any atom is 0.289 e. The first-order chi connectivity index (χ1) is 12.6. The van der Waals surface area contributed by atoms with Crippen LogP contribution in [0.2, 0.25) is 0 Å². The van der Waals surface area contributed by atoms with Gasteiger partial charge >= 0.3 is 0 Å². The van der Waals surface area contributed by atoms with E-state index < -0.39 is 0 Å². The van der Waals surface area contributed by atoms with E-state index in [1.54, 1.807) is 30.3 Å². The average Bonchev–Trinajstić information content (AvgIpc) is 3.15. The monoisotopic (exact) mass is 354 g/mol. The highest BCUT2D eigenvalue weighted by atomic mass is 19.1. The molecule has 2 heterocycles. The molecule has 0 spiro atoms. The summed E-state index contributed by atoms with van der Waals surface area (Å²) in [5, 5.41) is 0. The lowest BCUT2D eigenvalue weighted by molar-refractivity contribution is 0.0760. The molecule has 26 heavy (non-hydrogen) atoms. The highest BCUT2D eigenvalue weighted by Crippen LogP contribution is 2.16. The van der Waals surface area contributed by atoms with Gasteiger partial charge in [0.2, 0.25) is 0 Å². The molecule has 0 aliphatic rings. The number of likely N-dealkylation sites (N-methyl/N-ethyl adjacent to an activating group) is 1. The van der Waals surface area contributed by atoms with Gasteiger partial charge in [0, 0.05) is 31.9 Å². The number of hydrogen-bond acceptors (Lipinski definition) is 4. The first-order valence-corrected chi connectivity index (χ1v) is 8.24. The number of carbonyl (C=O) groups is 1. The van der Waals surface area contributed by atoms with Gasteiger partial charge in [0.1, 0.15) is 23.9 Å². The summed E-state index contributed by atoms with van der Waals surface area (Å²) in [6.45, 7) is 0.703. The Morgan fingerprint density at radius 2 is 1.96 bits per heavy atom. The highest BCUT2D eigenvalue weighted by molar-refractivity contribution is 5.91. The number of amides is 1. The number of carbonyl (C=O) groups excluding carboxylic acids is 1. The normalized spacial score (nSPS) is 10.5. The Morgan fingerprint density at radius 3 is 2.69 bits per heavy atom. The van der Waals surface area contributed by atoms with Crippen LogP contribution in [0.4, 0.5) is 4.39 Å². The Balaban J connectivity index is 1.52. The molecular weight excluding hydrogens is 335 g/mol. The molecule has 2 aromatic heterocycles. The van der Waals surface area contributed by atoms with Crippen LogP contribution in [0.1, 0.15) is 22.0 Å². The van der Waals surface area contributed by atoms with Gasteiger partial charge in [-0.05, 0) is 48.5 Å². The van der Waals surface area contributed by atoms with E-state index in [1.165, 1.54) is 24.3 Å². The van der Waals surface area contributed by atoms with Gasteiger partial charge in [0.15, 0.2) is 5.76 Å². The minimum Gasteiger partial charge on any atom is -0.486 e. The molecule has 3 rings (SSSR count). The molecule has 1 aromatic carbocycles. The third-order valence-corrected chi connectivity index (χ3v) is 3.84. The molecule has 0 atom stereocenters. The van der Waals surface area contributed by atoms with E-state index in [-0.39, 0.29) is 24.1 Å². The molecule has 5 nitrogen and oxygen atoms in total. The fourth-order valence-corrected chi connectivity index (χ4v) is 2.37. The molecule has 0 aliphatic carbocycles. The van der Waals surface area contributed by atoms with Crippen molar-refractivity contribution < 1.29 is 18.3 Å². The summed E-state index contributed by atoms with van der Waals surface area (Å²) in [6, 6.07) is 14.8. The number of benzene rings is 1. The molecule has 1 amide bonds. The Bertz CT molecular complexity index is 847. The number of rotatable bonds is 7. The van der Waals surface area contributed by atoms with Crippen molar-refractivity contribution in [2.45, 2.75) is 13.0 Å². The van der Waals surface area contributed by atoms with Gasteiger partial charge in [0.05, 0.1) is 0 Å². The standard InChI is InChI=1S/C20H19FN2O3/c1-23(13-11-16-4-2-3-12-22-16)20(24)19-10-9-18(26-19)14-25-17-7-5-15(21)6-8-17/h2-10,12H,11,13-14H2,1H3. The van der Waals surface area contributed by atoms with Crippen LogP contribution in [0.5, 0.6) is 5.75 Å². The van der Waals surface area contributed by atoms with E-state index in [9.17, 15) is 9.18 Å². The summed E-state index contributed by atoms with van der Waals surface area (Å²) >= 11 is 0. The zero-order chi connectivity index (χ0) is 18.4. The molecule has 0 saturated heterocycles. The molecule has 3 aromatic rings. The van der Waals surface area contributed by atoms with Crippen molar-refractivity contribution >= 4 is 5.91 Å². The van der Waals surface area contributed by atoms with Gasteiger partial charge in [-0.2, -0.15) is 0 Å². The maximum atomic E-state index is 12.9. The zero-order valence-corrected chi connectivity index (χ0v) is 14.4. The molecule has 6 heteroatoms. The van der Waals surface area contributed by atoms with Crippen molar-refractivity contribution in [3.63, 3.8) is 0 Å². The molecular formula is C20H19FN2O3. The first kappa shape index (κ1) is 17.7. The van der Waals surface area contributed by atoms with Gasteiger partial charge in [-0.25, -0.2) is 4.39 Å². The van der Waals surface area contributed by atoms with E-state index in [2.05, 4.69) is 4.98 Å². The largest absolute Gasteiger partial charge is 0.486 e. The summed E-state index contributed by atoms with van der Waals surface area (Å²) in [4.78, 5) is 18.3. The lowest BCUT2D eigenvalue weighted by Crippen LogP contribution is -2.28. The average molecular weight is 354 g/mol. The number of aromatic nitrogens is 1. The van der Waals surface area contributed by atoms with E-state index in [4.69, 9.17) is 9.15 Å². The molecule has 134 valence electrons. The van der Waals surface area contributed by atoms with Crippen LogP contribution in [0.25, 0.3) is 0 Å². The maximum absolute atomic E-state index is 12.9. The zero-order valence-electron chi connectivity index (χ0n) is 14.4. The quantitative estimate of drug-likeness (QED) is 0.649. The van der Waals surface area contributed by atoms with Gasteiger partial charge in [-0.1, -0.05) is 6.07 Å². The number of ether oxygens (including phenoxy) is 1. The van der Waals surface area contributed by atoms with Crippen LogP contribution < -0.4 is 4.74 Å². The predicted molar refractivity (Wildman–Crippen MR) is 94.3 cm³/mol. The molecule has 0 radical (unpaired) electrons. The fraction of sp³-hybridized carbons (Fsp3) is 0.200. The summed E-state index contributed by atoms with van der Waals surface area (Å²) in [5.41, 5.74) is 0.931. The molecule has 0 saturated carbocycles. The Kier molecular flexibility index (Phi) is 5.63. The van der Waals surface area contributed by atoms with Crippen LogP contribution in [0.3, 0.4) is 0 Å². The molecule has 0 unspecified atom stereocenters. The Labute approximate surface area is 151 Å². The summed E-state index contributed by atoms with van der Waals surface area (Å²) in [6.07, 6.45) is 2.40. The number of furan rings is 1. The van der Waals surface area contributed by atoms with Crippen LogP contribution in [-0.2, 0) is 13.0 Å². The van der Waals surface area contributed by atoms with Gasteiger partial charge in [0.25, 0.3) is 5.91 Å². The Morgan fingerprint density at radius 1 is 1.15 bits per heavy atom. The third-order valence-electron chi connectivity index (χ3n) is 3.84. The van der Waals surface area contributed by atoms with E-state index in [0.717, 1.165) is 5.69 Å². The van der Waals surface area contributed by atoms with Crippen molar-refractivity contribution in [1.82, 2.24) is 9.88 Å². The van der Waals surface area contributed by atoms with Gasteiger partial charge in [-0.15, -0.1) is 0 Å². The number of pyridine rings is 1. The van der Waals surface area contributed by atoms with Crippen LogP contribution >= 0.6 is 0 Å². The minimum absolute atomic E-state index is 0.163. The second kappa shape index (κ2) is 8.29. The molecule has 0 bridgehead atoms. The minimum atomic E-state index is -0.322. The number of nitrogens with zero attached hydrogens (tertiary/aromatic N) is 2. The van der Waals surface area contributed by atoms with Gasteiger partial charge < -0.3 is 14.1 Å². The molecule has 0 N–H and O–H groups in total. The van der Waals surface area contributed by atoms with Crippen molar-refractivity contribution in [2.24, 2.45) is 0 Å². The molecule has 0 aliphatic heterocycles. The third kappa shape index (κ3) is 4.69. The van der Waals surface area contributed by atoms with E-state index in [0.29, 0.717) is 24.5 Å². The smallest absolute Gasteiger partial charge is 0.289 e. The summed E-state index contributed by atoms with van der Waals surface area (Å²) in [7, 11) is 1.72. The second-order valence-electron chi connectivity index (χ2n) is 5.81. The number of halogens is 1. The number of hydrogen-bond donors (Lipinski definition) is 0. The van der Waals surface area contributed by atoms with Crippen molar-refractivity contribution in [1.29, 1.82) is 0 Å². The lowest BCUT2D eigenvalue weighted by atomic mass is 10.2. The van der Waals surface area contributed by atoms with Crippen LogP contribution in [-0.4, -0.2) is 29.4 Å². The topological polar surface area (TPSA) is 55.6 Å². The van der Waals surface area contributed by atoms with Gasteiger partial charge in [-0.3, -0.25) is 9.78 Å². The molecule has 0 fully saturated rings. The van der Waals surface area contributed by atoms with Crippen LogP contribution in [0.15, 0.2) is 65.2 Å². The first-order valence-electron chi connectivity index (χ1n) is 8.24. The van der Waals surface area contributed by atoms with Crippen molar-refractivity contribution in [2.75, 3.05) is 13.6 Å². The van der Waals surface area contributed by atoms with Crippen molar-refractivity contribution in [3.05, 3.63) is 83.8 Å². The van der Waals surface area contributed by atoms with E-state index >= 15 is 0 Å². The summed E-state index contributed by atoms with van der Waals surface area (Å²) < 4.78 is 23.9. The highest BCUT2D eigenvalue weighted by Gasteiger charge is 2.16. The van der Waals surface area contributed by atoms with Crippen molar-refractivity contribution in [3.8, 4) is 5.75 Å². The van der Waals surface area contributed by atoms with E-state index in [1.807, 2.05) is 18.2 Å². The fourth-order valence-electron chi connectivity index (χ4n) is 2.37. The second-order valence-corrected chi connectivity index (χ2v) is 5.81. The van der Waals surface area contributed by atoms with Crippen LogP contribution in [0, 0.1) is 5.82 Å². The summed E-state index contributed by atoms with van der Waals surface area (Å²) in [5.74, 6) is 0.788. The lowest BCUT2D eigenvalue weighted by Gasteiger charge is -2.15. The predicted octanol–water partition coefficient (Wildman–Crippen LogP) is 3.71.